The highest BCUT2D eigenvalue weighted by molar-refractivity contribution is 5.82. The minimum Gasteiger partial charge on any atom is -0.496 e. The SMILES string of the molecule is COc1ccccc1[C@H](CNC(=O)[C@H]1COCCN1CC(F)F)N1CCCCC1. The number of ether oxygens (including phenoxy) is 2. The highest BCUT2D eigenvalue weighted by Gasteiger charge is 2.32. The third kappa shape index (κ3) is 5.87. The first-order valence-corrected chi connectivity index (χ1v) is 10.3. The Morgan fingerprint density at radius 3 is 2.72 bits per heavy atom. The molecule has 2 aliphatic heterocycles. The highest BCUT2D eigenvalue weighted by atomic mass is 19.3. The van der Waals surface area contributed by atoms with Crippen molar-refractivity contribution in [1.29, 1.82) is 0 Å². The molecule has 2 atom stereocenters. The van der Waals surface area contributed by atoms with Gasteiger partial charge in [-0.2, -0.15) is 0 Å². The number of amides is 1. The molecule has 1 amide bonds. The molecule has 1 N–H and O–H groups in total. The van der Waals surface area contributed by atoms with Crippen LogP contribution in [0.15, 0.2) is 24.3 Å². The molecule has 0 aromatic heterocycles. The maximum absolute atomic E-state index is 12.9. The summed E-state index contributed by atoms with van der Waals surface area (Å²) in [5.74, 6) is 0.528. The largest absolute Gasteiger partial charge is 0.496 e. The Morgan fingerprint density at radius 1 is 1.24 bits per heavy atom. The van der Waals surface area contributed by atoms with Crippen molar-refractivity contribution >= 4 is 5.91 Å². The summed E-state index contributed by atoms with van der Waals surface area (Å²) in [5.41, 5.74) is 1.03. The number of carbonyl (C=O) groups is 1. The van der Waals surface area contributed by atoms with Gasteiger partial charge in [-0.1, -0.05) is 24.6 Å². The van der Waals surface area contributed by atoms with E-state index in [1.165, 1.54) is 11.3 Å². The molecule has 1 aromatic carbocycles. The minimum absolute atomic E-state index is 0.0246. The van der Waals surface area contributed by atoms with Crippen LogP contribution in [0, 0.1) is 0 Å². The van der Waals surface area contributed by atoms with Crippen molar-refractivity contribution in [2.24, 2.45) is 0 Å². The van der Waals surface area contributed by atoms with Gasteiger partial charge in [0.05, 0.1) is 32.9 Å². The van der Waals surface area contributed by atoms with Crippen molar-refractivity contribution in [3.63, 3.8) is 0 Å². The molecule has 0 bridgehead atoms. The fraction of sp³-hybridized carbons (Fsp3) is 0.667. The first-order chi connectivity index (χ1) is 14.1. The molecular weight excluding hydrogens is 380 g/mol. The van der Waals surface area contributed by atoms with Crippen molar-refractivity contribution in [3.8, 4) is 5.75 Å². The fourth-order valence-electron chi connectivity index (χ4n) is 4.20. The number of para-hydroxylation sites is 1. The summed E-state index contributed by atoms with van der Waals surface area (Å²) in [6, 6.07) is 7.14. The molecule has 2 aliphatic rings. The Labute approximate surface area is 171 Å². The van der Waals surface area contributed by atoms with E-state index >= 15 is 0 Å². The molecule has 2 saturated heterocycles. The number of alkyl halides is 2. The number of hydrogen-bond acceptors (Lipinski definition) is 5. The van der Waals surface area contributed by atoms with E-state index < -0.39 is 19.0 Å². The Morgan fingerprint density at radius 2 is 2.00 bits per heavy atom. The lowest BCUT2D eigenvalue weighted by atomic mass is 10.0. The van der Waals surface area contributed by atoms with Crippen molar-refractivity contribution in [1.82, 2.24) is 15.1 Å². The number of benzene rings is 1. The second-order valence-corrected chi connectivity index (χ2v) is 7.58. The third-order valence-electron chi connectivity index (χ3n) is 5.71. The lowest BCUT2D eigenvalue weighted by molar-refractivity contribution is -0.134. The Bertz CT molecular complexity index is 656. The Balaban J connectivity index is 1.71. The van der Waals surface area contributed by atoms with Gasteiger partial charge in [-0.05, 0) is 32.0 Å². The van der Waals surface area contributed by atoms with Gasteiger partial charge in [0, 0.05) is 18.7 Å². The molecule has 0 aliphatic carbocycles. The predicted octanol–water partition coefficient (Wildman–Crippen LogP) is 2.30. The molecule has 2 fully saturated rings. The molecule has 3 rings (SSSR count). The first-order valence-electron chi connectivity index (χ1n) is 10.3. The van der Waals surface area contributed by atoms with Gasteiger partial charge in [-0.3, -0.25) is 14.6 Å². The van der Waals surface area contributed by atoms with Gasteiger partial charge in [0.2, 0.25) is 5.91 Å². The predicted molar refractivity (Wildman–Crippen MR) is 106 cm³/mol. The van der Waals surface area contributed by atoms with E-state index in [0.29, 0.717) is 19.7 Å². The van der Waals surface area contributed by atoms with E-state index in [1.807, 2.05) is 24.3 Å². The van der Waals surface area contributed by atoms with E-state index in [-0.39, 0.29) is 18.6 Å². The number of rotatable bonds is 8. The summed E-state index contributed by atoms with van der Waals surface area (Å²) < 4.78 is 36.7. The molecule has 6 nitrogen and oxygen atoms in total. The molecule has 0 spiro atoms. The van der Waals surface area contributed by atoms with Gasteiger partial charge in [-0.25, -0.2) is 8.78 Å². The second-order valence-electron chi connectivity index (χ2n) is 7.58. The summed E-state index contributed by atoms with van der Waals surface area (Å²) in [7, 11) is 1.65. The summed E-state index contributed by atoms with van der Waals surface area (Å²) in [6.45, 7) is 2.76. The molecule has 0 unspecified atom stereocenters. The van der Waals surface area contributed by atoms with E-state index in [1.54, 1.807) is 7.11 Å². The van der Waals surface area contributed by atoms with Gasteiger partial charge < -0.3 is 14.8 Å². The van der Waals surface area contributed by atoms with Gasteiger partial charge in [0.15, 0.2) is 0 Å². The zero-order chi connectivity index (χ0) is 20.6. The molecule has 0 radical (unpaired) electrons. The second kappa shape index (κ2) is 10.8. The molecule has 2 heterocycles. The smallest absolute Gasteiger partial charge is 0.251 e. The van der Waals surface area contributed by atoms with Gasteiger partial charge in [0.25, 0.3) is 6.43 Å². The van der Waals surface area contributed by atoms with Crippen molar-refractivity contribution in [2.75, 3.05) is 53.0 Å². The van der Waals surface area contributed by atoms with Crippen LogP contribution in [-0.2, 0) is 9.53 Å². The van der Waals surface area contributed by atoms with E-state index in [0.717, 1.165) is 37.2 Å². The minimum atomic E-state index is -2.47. The van der Waals surface area contributed by atoms with Gasteiger partial charge in [-0.15, -0.1) is 0 Å². The maximum atomic E-state index is 12.9. The summed E-state index contributed by atoms with van der Waals surface area (Å²) in [4.78, 5) is 16.7. The first kappa shape index (κ1) is 21.9. The van der Waals surface area contributed by atoms with Crippen LogP contribution < -0.4 is 10.1 Å². The monoisotopic (exact) mass is 411 g/mol. The number of hydrogen-bond donors (Lipinski definition) is 1. The highest BCUT2D eigenvalue weighted by Crippen LogP contribution is 2.31. The number of morpholine rings is 1. The molecule has 8 heteroatoms. The number of carbonyl (C=O) groups excluding carboxylic acids is 1. The van der Waals surface area contributed by atoms with E-state index in [2.05, 4.69) is 10.2 Å². The average molecular weight is 411 g/mol. The lowest BCUT2D eigenvalue weighted by Gasteiger charge is -2.37. The number of piperidine rings is 1. The molecule has 1 aromatic rings. The number of halogens is 2. The molecule has 29 heavy (non-hydrogen) atoms. The van der Waals surface area contributed by atoms with Crippen LogP contribution in [-0.4, -0.2) is 81.2 Å². The standard InChI is InChI=1S/C21H31F2N3O3/c1-28-19-8-4-3-7-16(19)17(25-9-5-2-6-10-25)13-24-21(27)18-15-29-12-11-26(18)14-20(22)23/h3-4,7-8,17-18,20H,2,5-6,9-15H2,1H3,(H,24,27)/t17-,18+/m0/s1. The lowest BCUT2D eigenvalue weighted by Crippen LogP contribution is -2.55. The zero-order valence-corrected chi connectivity index (χ0v) is 17.0. The summed E-state index contributed by atoms with van der Waals surface area (Å²) in [5, 5.41) is 3.00. The van der Waals surface area contributed by atoms with E-state index in [4.69, 9.17) is 9.47 Å². The summed E-state index contributed by atoms with van der Waals surface area (Å²) >= 11 is 0. The number of nitrogens with one attached hydrogen (secondary N) is 1. The third-order valence-corrected chi connectivity index (χ3v) is 5.71. The van der Waals surface area contributed by atoms with Crippen LogP contribution in [0.3, 0.4) is 0 Å². The van der Waals surface area contributed by atoms with Crippen molar-refractivity contribution in [2.45, 2.75) is 37.8 Å². The Hall–Kier alpha value is -1.77. The molecular formula is C21H31F2N3O3. The normalized spacial score (nSPS) is 22.4. The summed E-state index contributed by atoms with van der Waals surface area (Å²) in [6.07, 6.45) is 0.984. The van der Waals surface area contributed by atoms with Crippen molar-refractivity contribution < 1.29 is 23.0 Å². The topological polar surface area (TPSA) is 54.0 Å². The van der Waals surface area contributed by atoms with Gasteiger partial charge >= 0.3 is 0 Å². The Kier molecular flexibility index (Phi) is 8.20. The van der Waals surface area contributed by atoms with Gasteiger partial charge in [0.1, 0.15) is 11.8 Å². The van der Waals surface area contributed by atoms with E-state index in [9.17, 15) is 13.6 Å². The fourth-order valence-corrected chi connectivity index (χ4v) is 4.20. The van der Waals surface area contributed by atoms with Crippen LogP contribution in [0.5, 0.6) is 5.75 Å². The van der Waals surface area contributed by atoms with Crippen LogP contribution in [0.25, 0.3) is 0 Å². The number of nitrogens with zero attached hydrogens (tertiary/aromatic N) is 2. The van der Waals surface area contributed by atoms with Crippen LogP contribution >= 0.6 is 0 Å². The maximum Gasteiger partial charge on any atom is 0.251 e. The number of methoxy groups -OCH3 is 1. The van der Waals surface area contributed by atoms with Crippen molar-refractivity contribution in [3.05, 3.63) is 29.8 Å². The number of likely N-dealkylation sites (tertiary alicyclic amines) is 1. The molecule has 162 valence electrons. The molecule has 0 saturated carbocycles. The van der Waals surface area contributed by atoms with Crippen LogP contribution in [0.1, 0.15) is 30.9 Å². The van der Waals surface area contributed by atoms with Crippen LogP contribution in [0.2, 0.25) is 0 Å². The average Bonchev–Trinajstić information content (AvgIpc) is 2.75. The van der Waals surface area contributed by atoms with Crippen LogP contribution in [0.4, 0.5) is 8.78 Å². The quantitative estimate of drug-likeness (QED) is 0.712. The zero-order valence-electron chi connectivity index (χ0n) is 17.0.